The second-order valence-electron chi connectivity index (χ2n) is 4.44. The van der Waals surface area contributed by atoms with Crippen molar-refractivity contribution in [2.24, 2.45) is 0 Å². The van der Waals surface area contributed by atoms with Gasteiger partial charge in [-0.05, 0) is 33.0 Å². The van der Waals surface area contributed by atoms with Gasteiger partial charge in [-0.1, -0.05) is 12.1 Å². The summed E-state index contributed by atoms with van der Waals surface area (Å²) in [7, 11) is 3.67. The van der Waals surface area contributed by atoms with Gasteiger partial charge in [0.25, 0.3) is 0 Å². The molecule has 0 saturated heterocycles. The monoisotopic (exact) mass is 234 g/mol. The number of ether oxygens (including phenoxy) is 1. The molecular weight excluding hydrogens is 219 g/mol. The van der Waals surface area contributed by atoms with Crippen molar-refractivity contribution in [2.75, 3.05) is 20.7 Å². The van der Waals surface area contributed by atoms with Crippen LogP contribution in [0, 0.1) is 17.1 Å². The predicted molar refractivity (Wildman–Crippen MR) is 62.1 cm³/mol. The summed E-state index contributed by atoms with van der Waals surface area (Å²) in [5, 5.41) is 9.50. The van der Waals surface area contributed by atoms with Gasteiger partial charge in [0.1, 0.15) is 5.54 Å². The minimum atomic E-state index is -0.798. The van der Waals surface area contributed by atoms with Crippen molar-refractivity contribution >= 4 is 0 Å². The molecule has 1 heterocycles. The van der Waals surface area contributed by atoms with Gasteiger partial charge < -0.3 is 4.74 Å². The summed E-state index contributed by atoms with van der Waals surface area (Å²) in [5.41, 5.74) is -0.170. The lowest BCUT2D eigenvalue weighted by atomic mass is 9.85. The summed E-state index contributed by atoms with van der Waals surface area (Å²) in [6, 6.07) is 7.08. The second kappa shape index (κ2) is 4.34. The van der Waals surface area contributed by atoms with E-state index in [-0.39, 0.29) is 5.75 Å². The van der Waals surface area contributed by atoms with Crippen molar-refractivity contribution < 1.29 is 9.13 Å². The molecule has 1 aromatic rings. The Bertz CT molecular complexity index is 467. The summed E-state index contributed by atoms with van der Waals surface area (Å²) < 4.78 is 19.2. The molecule has 1 aliphatic rings. The van der Waals surface area contributed by atoms with Crippen molar-refractivity contribution in [3.05, 3.63) is 29.6 Å². The molecule has 2 rings (SSSR count). The van der Waals surface area contributed by atoms with Gasteiger partial charge in [-0.15, -0.1) is 0 Å². The lowest BCUT2D eigenvalue weighted by Crippen LogP contribution is -2.39. The van der Waals surface area contributed by atoms with E-state index in [2.05, 4.69) is 6.07 Å². The maximum atomic E-state index is 13.7. The van der Waals surface area contributed by atoms with Crippen LogP contribution in [0.1, 0.15) is 18.4 Å². The van der Waals surface area contributed by atoms with Crippen LogP contribution in [0.3, 0.4) is 0 Å². The van der Waals surface area contributed by atoms with E-state index >= 15 is 0 Å². The van der Waals surface area contributed by atoms with Crippen molar-refractivity contribution in [2.45, 2.75) is 18.4 Å². The summed E-state index contributed by atoms with van der Waals surface area (Å²) in [6.07, 6.45) is 1.38. The quantitative estimate of drug-likeness (QED) is 0.748. The molecule has 4 heteroatoms. The number of para-hydroxylation sites is 1. The molecule has 17 heavy (non-hydrogen) atoms. The summed E-state index contributed by atoms with van der Waals surface area (Å²) in [5.74, 6) is -0.175. The predicted octanol–water partition coefficient (Wildman–Crippen LogP) is 2.28. The molecule has 0 N–H and O–H groups in total. The zero-order valence-corrected chi connectivity index (χ0v) is 10.0. The molecular formula is C13H15FN2O. The van der Waals surface area contributed by atoms with Gasteiger partial charge in [0.05, 0.1) is 12.7 Å². The van der Waals surface area contributed by atoms with Crippen molar-refractivity contribution in [1.82, 2.24) is 4.90 Å². The Labute approximate surface area is 100 Å². The molecule has 90 valence electrons. The van der Waals surface area contributed by atoms with E-state index in [9.17, 15) is 9.65 Å². The largest absolute Gasteiger partial charge is 0.490 e. The molecule has 1 aliphatic heterocycles. The number of benzene rings is 1. The average molecular weight is 234 g/mol. The van der Waals surface area contributed by atoms with Crippen LogP contribution in [-0.2, 0) is 5.54 Å². The normalized spacial score (nSPS) is 23.5. The third-order valence-corrected chi connectivity index (χ3v) is 3.29. The highest BCUT2D eigenvalue weighted by Crippen LogP contribution is 2.40. The van der Waals surface area contributed by atoms with Crippen LogP contribution < -0.4 is 4.74 Å². The summed E-state index contributed by atoms with van der Waals surface area (Å²) in [6.45, 7) is 0.450. The Kier molecular flexibility index (Phi) is 3.03. The second-order valence-corrected chi connectivity index (χ2v) is 4.44. The fraction of sp³-hybridized carbons (Fsp3) is 0.462. The van der Waals surface area contributed by atoms with Crippen LogP contribution in [0.4, 0.5) is 4.39 Å². The van der Waals surface area contributed by atoms with Crippen LogP contribution >= 0.6 is 0 Å². The lowest BCUT2D eigenvalue weighted by Gasteiger charge is -2.33. The first kappa shape index (κ1) is 11.9. The smallest absolute Gasteiger partial charge is 0.165 e. The highest BCUT2D eigenvalue weighted by Gasteiger charge is 2.39. The van der Waals surface area contributed by atoms with E-state index in [1.807, 2.05) is 19.0 Å². The first-order valence-corrected chi connectivity index (χ1v) is 5.62. The molecule has 0 amide bonds. The van der Waals surface area contributed by atoms with Gasteiger partial charge in [-0.25, -0.2) is 4.39 Å². The van der Waals surface area contributed by atoms with E-state index in [4.69, 9.17) is 4.74 Å². The molecule has 0 aromatic heterocycles. The highest BCUT2D eigenvalue weighted by atomic mass is 19.1. The number of nitrogens with zero attached hydrogens (tertiary/aromatic N) is 2. The van der Waals surface area contributed by atoms with Gasteiger partial charge in [-0.2, -0.15) is 5.26 Å². The third-order valence-electron chi connectivity index (χ3n) is 3.29. The van der Waals surface area contributed by atoms with Gasteiger partial charge in [0.15, 0.2) is 11.6 Å². The lowest BCUT2D eigenvalue weighted by molar-refractivity contribution is 0.202. The maximum absolute atomic E-state index is 13.7. The van der Waals surface area contributed by atoms with Crippen LogP contribution in [0.5, 0.6) is 5.75 Å². The number of hydrogen-bond donors (Lipinski definition) is 0. The number of fused-ring (bicyclic) bond motifs is 1. The Morgan fingerprint density at radius 2 is 2.24 bits per heavy atom. The summed E-state index contributed by atoms with van der Waals surface area (Å²) in [4.78, 5) is 1.83. The molecule has 0 radical (unpaired) electrons. The molecule has 0 spiro atoms. The van der Waals surface area contributed by atoms with Crippen LogP contribution in [0.25, 0.3) is 0 Å². The zero-order valence-electron chi connectivity index (χ0n) is 10.0. The molecule has 1 unspecified atom stereocenters. The Balaban J connectivity index is 2.66. The molecule has 3 nitrogen and oxygen atoms in total. The van der Waals surface area contributed by atoms with Crippen molar-refractivity contribution in [1.29, 1.82) is 5.26 Å². The Morgan fingerprint density at radius 3 is 2.88 bits per heavy atom. The SMILES string of the molecule is CN(C)C1(C#N)CCCOc2c(F)cccc21. The Morgan fingerprint density at radius 1 is 1.47 bits per heavy atom. The van der Waals surface area contributed by atoms with E-state index in [1.54, 1.807) is 12.1 Å². The maximum Gasteiger partial charge on any atom is 0.165 e. The van der Waals surface area contributed by atoms with Gasteiger partial charge in [-0.3, -0.25) is 4.90 Å². The third kappa shape index (κ3) is 1.77. The van der Waals surface area contributed by atoms with Crippen molar-refractivity contribution in [3.63, 3.8) is 0 Å². The van der Waals surface area contributed by atoms with Crippen LogP contribution in [0.15, 0.2) is 18.2 Å². The fourth-order valence-corrected chi connectivity index (χ4v) is 2.30. The van der Waals surface area contributed by atoms with Crippen LogP contribution in [-0.4, -0.2) is 25.6 Å². The van der Waals surface area contributed by atoms with E-state index in [0.717, 1.165) is 6.42 Å². The van der Waals surface area contributed by atoms with E-state index < -0.39 is 11.4 Å². The minimum Gasteiger partial charge on any atom is -0.490 e. The highest BCUT2D eigenvalue weighted by molar-refractivity contribution is 5.44. The first-order chi connectivity index (χ1) is 8.12. The molecule has 0 bridgehead atoms. The molecule has 0 aliphatic carbocycles. The topological polar surface area (TPSA) is 36.3 Å². The fourth-order valence-electron chi connectivity index (χ4n) is 2.30. The van der Waals surface area contributed by atoms with E-state index in [0.29, 0.717) is 18.6 Å². The van der Waals surface area contributed by atoms with Gasteiger partial charge >= 0.3 is 0 Å². The number of hydrogen-bond acceptors (Lipinski definition) is 3. The number of rotatable bonds is 1. The van der Waals surface area contributed by atoms with Gasteiger partial charge in [0.2, 0.25) is 0 Å². The number of halogens is 1. The average Bonchev–Trinajstić information content (AvgIpc) is 2.50. The van der Waals surface area contributed by atoms with Gasteiger partial charge in [0, 0.05) is 5.56 Å². The molecule has 1 aromatic carbocycles. The molecule has 1 atom stereocenters. The standard InChI is InChI=1S/C13H15FN2O/c1-16(2)13(9-15)7-4-8-17-12-10(13)5-3-6-11(12)14/h3,5-6H,4,7-8H2,1-2H3. The zero-order chi connectivity index (χ0) is 12.5. The molecule has 0 fully saturated rings. The van der Waals surface area contributed by atoms with Crippen molar-refractivity contribution in [3.8, 4) is 11.8 Å². The summed E-state index contributed by atoms with van der Waals surface area (Å²) >= 11 is 0. The number of nitriles is 1. The molecule has 0 saturated carbocycles. The first-order valence-electron chi connectivity index (χ1n) is 5.62. The van der Waals surface area contributed by atoms with E-state index in [1.165, 1.54) is 6.07 Å². The minimum absolute atomic E-state index is 0.222. The Hall–Kier alpha value is -1.60. The van der Waals surface area contributed by atoms with Crippen LogP contribution in [0.2, 0.25) is 0 Å².